The smallest absolute Gasteiger partial charge is 0.0950 e. The van der Waals surface area contributed by atoms with Crippen LogP contribution in [0.3, 0.4) is 0 Å². The van der Waals surface area contributed by atoms with Crippen LogP contribution in [0.2, 0.25) is 0 Å². The molecule has 1 aromatic heterocycles. The van der Waals surface area contributed by atoms with Crippen LogP contribution in [-0.2, 0) is 0 Å². The molecule has 3 heteroatoms. The molecule has 2 aromatic rings. The highest BCUT2D eigenvalue weighted by Crippen LogP contribution is 2.25. The summed E-state index contributed by atoms with van der Waals surface area (Å²) in [5, 5.41) is 12.9. The Morgan fingerprint density at radius 2 is 1.94 bits per heavy atom. The molecule has 1 aliphatic carbocycles. The summed E-state index contributed by atoms with van der Waals surface area (Å²) in [4.78, 5) is 0. The molecule has 82 valence electrons. The molecule has 1 aliphatic rings. The van der Waals surface area contributed by atoms with Crippen molar-refractivity contribution in [2.75, 3.05) is 5.32 Å². The Labute approximate surface area is 94.9 Å². The van der Waals surface area contributed by atoms with Crippen molar-refractivity contribution >= 4 is 16.6 Å². The first-order valence-corrected chi connectivity index (χ1v) is 5.90. The molecule has 3 nitrogen and oxygen atoms in total. The SMILES string of the molecule is c1ccc2c(NC3CCCC3)cnnc2c1. The van der Waals surface area contributed by atoms with Gasteiger partial charge in [0.15, 0.2) is 0 Å². The molecule has 0 saturated heterocycles. The van der Waals surface area contributed by atoms with Gasteiger partial charge < -0.3 is 5.32 Å². The summed E-state index contributed by atoms with van der Waals surface area (Å²) in [6.07, 6.45) is 7.07. The van der Waals surface area contributed by atoms with E-state index in [2.05, 4.69) is 21.6 Å². The molecule has 1 aromatic carbocycles. The minimum absolute atomic E-state index is 0.618. The lowest BCUT2D eigenvalue weighted by atomic mass is 10.2. The molecule has 0 aliphatic heterocycles. The lowest BCUT2D eigenvalue weighted by Gasteiger charge is -2.14. The predicted octanol–water partition coefficient (Wildman–Crippen LogP) is 2.98. The number of anilines is 1. The van der Waals surface area contributed by atoms with Crippen molar-refractivity contribution in [1.82, 2.24) is 10.2 Å². The number of nitrogens with zero attached hydrogens (tertiary/aromatic N) is 2. The highest BCUT2D eigenvalue weighted by atomic mass is 15.1. The van der Waals surface area contributed by atoms with E-state index in [4.69, 9.17) is 0 Å². The molecule has 1 fully saturated rings. The van der Waals surface area contributed by atoms with Crippen molar-refractivity contribution in [3.63, 3.8) is 0 Å². The minimum atomic E-state index is 0.618. The molecule has 0 unspecified atom stereocenters. The van der Waals surface area contributed by atoms with E-state index in [0.717, 1.165) is 11.2 Å². The van der Waals surface area contributed by atoms with Crippen molar-refractivity contribution in [1.29, 1.82) is 0 Å². The monoisotopic (exact) mass is 213 g/mol. The van der Waals surface area contributed by atoms with Gasteiger partial charge >= 0.3 is 0 Å². The Bertz CT molecular complexity index is 484. The van der Waals surface area contributed by atoms with Gasteiger partial charge in [0.25, 0.3) is 0 Å². The molecule has 1 heterocycles. The average Bonchev–Trinajstić information content (AvgIpc) is 2.82. The van der Waals surface area contributed by atoms with Gasteiger partial charge in [-0.15, -0.1) is 0 Å². The molecule has 1 N–H and O–H groups in total. The van der Waals surface area contributed by atoms with Crippen molar-refractivity contribution < 1.29 is 0 Å². The van der Waals surface area contributed by atoms with Gasteiger partial charge in [-0.25, -0.2) is 0 Å². The summed E-state index contributed by atoms with van der Waals surface area (Å²) in [7, 11) is 0. The molecule has 0 atom stereocenters. The summed E-state index contributed by atoms with van der Waals surface area (Å²) in [5.74, 6) is 0. The summed E-state index contributed by atoms with van der Waals surface area (Å²) >= 11 is 0. The van der Waals surface area contributed by atoms with Crippen molar-refractivity contribution in [3.05, 3.63) is 30.5 Å². The third-order valence-electron chi connectivity index (χ3n) is 3.26. The third kappa shape index (κ3) is 1.73. The number of rotatable bonds is 2. The number of benzene rings is 1. The maximum absolute atomic E-state index is 4.13. The van der Waals surface area contributed by atoms with Crippen molar-refractivity contribution in [2.24, 2.45) is 0 Å². The van der Waals surface area contributed by atoms with Crippen LogP contribution in [0.1, 0.15) is 25.7 Å². The van der Waals surface area contributed by atoms with E-state index < -0.39 is 0 Å². The quantitative estimate of drug-likeness (QED) is 0.833. The van der Waals surface area contributed by atoms with E-state index in [1.165, 1.54) is 31.1 Å². The zero-order chi connectivity index (χ0) is 10.8. The lowest BCUT2D eigenvalue weighted by Crippen LogP contribution is -2.15. The number of hydrogen-bond donors (Lipinski definition) is 1. The van der Waals surface area contributed by atoms with Gasteiger partial charge in [-0.1, -0.05) is 31.0 Å². The fourth-order valence-corrected chi connectivity index (χ4v) is 2.41. The molecule has 0 radical (unpaired) electrons. The standard InChI is InChI=1S/C13H15N3/c1-2-6-10(5-1)15-13-9-14-16-12-8-4-3-7-11(12)13/h3-4,7-10H,1-2,5-6H2,(H,15,16). The zero-order valence-electron chi connectivity index (χ0n) is 9.19. The predicted molar refractivity (Wildman–Crippen MR) is 65.4 cm³/mol. The molecule has 1 saturated carbocycles. The third-order valence-corrected chi connectivity index (χ3v) is 3.26. The van der Waals surface area contributed by atoms with Gasteiger partial charge in [-0.05, 0) is 18.9 Å². The maximum atomic E-state index is 4.13. The van der Waals surface area contributed by atoms with Crippen molar-refractivity contribution in [2.45, 2.75) is 31.7 Å². The number of aromatic nitrogens is 2. The van der Waals surface area contributed by atoms with E-state index in [-0.39, 0.29) is 0 Å². The fraction of sp³-hybridized carbons (Fsp3) is 0.385. The fourth-order valence-electron chi connectivity index (χ4n) is 2.41. The summed E-state index contributed by atoms with van der Waals surface area (Å²) in [5.41, 5.74) is 2.09. The zero-order valence-corrected chi connectivity index (χ0v) is 9.19. The Hall–Kier alpha value is -1.64. The number of hydrogen-bond acceptors (Lipinski definition) is 3. The second-order valence-electron chi connectivity index (χ2n) is 4.40. The van der Waals surface area contributed by atoms with Crippen LogP contribution in [0.15, 0.2) is 30.5 Å². The van der Waals surface area contributed by atoms with Crippen LogP contribution < -0.4 is 5.32 Å². The largest absolute Gasteiger partial charge is 0.380 e. The van der Waals surface area contributed by atoms with Gasteiger partial charge in [-0.3, -0.25) is 0 Å². The number of fused-ring (bicyclic) bond motifs is 1. The van der Waals surface area contributed by atoms with Crippen molar-refractivity contribution in [3.8, 4) is 0 Å². The molecule has 0 spiro atoms. The average molecular weight is 213 g/mol. The highest BCUT2D eigenvalue weighted by Gasteiger charge is 2.15. The summed E-state index contributed by atoms with van der Waals surface area (Å²) in [6.45, 7) is 0. The lowest BCUT2D eigenvalue weighted by molar-refractivity contribution is 0.755. The van der Waals surface area contributed by atoms with Gasteiger partial charge in [0, 0.05) is 11.4 Å². The Balaban J connectivity index is 1.96. The molecular formula is C13H15N3. The second kappa shape index (κ2) is 4.08. The van der Waals surface area contributed by atoms with E-state index >= 15 is 0 Å². The Kier molecular flexibility index (Phi) is 2.44. The first kappa shape index (κ1) is 9.58. The molecule has 0 bridgehead atoms. The second-order valence-corrected chi connectivity index (χ2v) is 4.40. The van der Waals surface area contributed by atoms with Crippen LogP contribution in [0.5, 0.6) is 0 Å². The van der Waals surface area contributed by atoms with Gasteiger partial charge in [0.2, 0.25) is 0 Å². The van der Waals surface area contributed by atoms with E-state index in [9.17, 15) is 0 Å². The van der Waals surface area contributed by atoms with Gasteiger partial charge in [0.1, 0.15) is 0 Å². The topological polar surface area (TPSA) is 37.8 Å². The van der Waals surface area contributed by atoms with E-state index in [1.807, 2.05) is 24.4 Å². The van der Waals surface area contributed by atoms with Crippen LogP contribution >= 0.6 is 0 Å². The van der Waals surface area contributed by atoms with E-state index in [1.54, 1.807) is 0 Å². The number of nitrogens with one attached hydrogen (secondary N) is 1. The Morgan fingerprint density at radius 3 is 2.81 bits per heavy atom. The molecular weight excluding hydrogens is 198 g/mol. The maximum Gasteiger partial charge on any atom is 0.0950 e. The van der Waals surface area contributed by atoms with Gasteiger partial charge in [0.05, 0.1) is 17.4 Å². The first-order chi connectivity index (χ1) is 7.93. The summed E-state index contributed by atoms with van der Waals surface area (Å²) < 4.78 is 0. The summed E-state index contributed by atoms with van der Waals surface area (Å²) in [6, 6.07) is 8.76. The Morgan fingerprint density at radius 1 is 1.12 bits per heavy atom. The molecule has 3 rings (SSSR count). The van der Waals surface area contributed by atoms with Crippen LogP contribution in [0, 0.1) is 0 Å². The minimum Gasteiger partial charge on any atom is -0.380 e. The van der Waals surface area contributed by atoms with Crippen LogP contribution in [-0.4, -0.2) is 16.2 Å². The first-order valence-electron chi connectivity index (χ1n) is 5.90. The molecule has 0 amide bonds. The van der Waals surface area contributed by atoms with E-state index in [0.29, 0.717) is 6.04 Å². The van der Waals surface area contributed by atoms with Crippen LogP contribution in [0.4, 0.5) is 5.69 Å². The van der Waals surface area contributed by atoms with Crippen LogP contribution in [0.25, 0.3) is 10.9 Å². The van der Waals surface area contributed by atoms with Gasteiger partial charge in [-0.2, -0.15) is 10.2 Å². The molecule has 16 heavy (non-hydrogen) atoms. The normalized spacial score (nSPS) is 16.8. The highest BCUT2D eigenvalue weighted by molar-refractivity contribution is 5.90.